The van der Waals surface area contributed by atoms with Crippen LogP contribution >= 0.6 is 23.1 Å². The highest BCUT2D eigenvalue weighted by Gasteiger charge is 2.21. The lowest BCUT2D eigenvalue weighted by Crippen LogP contribution is -2.31. The van der Waals surface area contributed by atoms with Crippen molar-refractivity contribution in [1.29, 1.82) is 0 Å². The van der Waals surface area contributed by atoms with E-state index in [1.165, 1.54) is 10.5 Å². The first-order valence-electron chi connectivity index (χ1n) is 9.73. The smallest absolute Gasteiger partial charge is 0.233 e. The van der Waals surface area contributed by atoms with Gasteiger partial charge in [-0.25, -0.2) is 4.98 Å². The van der Waals surface area contributed by atoms with E-state index in [1.807, 2.05) is 30.5 Å². The highest BCUT2D eigenvalue weighted by Crippen LogP contribution is 2.33. The van der Waals surface area contributed by atoms with Gasteiger partial charge >= 0.3 is 0 Å². The van der Waals surface area contributed by atoms with Gasteiger partial charge in [-0.05, 0) is 66.6 Å². The van der Waals surface area contributed by atoms with E-state index in [9.17, 15) is 4.79 Å². The Balaban J connectivity index is 1.68. The Kier molecular flexibility index (Phi) is 6.16. The zero-order valence-electron chi connectivity index (χ0n) is 17.3. The first-order valence-corrected chi connectivity index (χ1v) is 11.8. The van der Waals surface area contributed by atoms with Gasteiger partial charge in [0.15, 0.2) is 5.13 Å². The molecule has 2 heterocycles. The number of rotatable bonds is 6. The summed E-state index contributed by atoms with van der Waals surface area (Å²) in [5.74, 6) is 0.0317. The van der Waals surface area contributed by atoms with Gasteiger partial charge < -0.3 is 0 Å². The highest BCUT2D eigenvalue weighted by atomic mass is 32.2. The van der Waals surface area contributed by atoms with E-state index < -0.39 is 0 Å². The molecule has 0 N–H and O–H groups in total. The second-order valence-corrected chi connectivity index (χ2v) is 9.18. The minimum atomic E-state index is 0.0317. The number of hydrogen-bond acceptors (Lipinski definition) is 5. The lowest BCUT2D eigenvalue weighted by atomic mass is 10.1. The Morgan fingerprint density at radius 2 is 1.90 bits per heavy atom. The Morgan fingerprint density at radius 3 is 2.60 bits per heavy atom. The summed E-state index contributed by atoms with van der Waals surface area (Å²) in [6, 6.07) is 16.3. The van der Waals surface area contributed by atoms with Crippen molar-refractivity contribution in [1.82, 2.24) is 9.97 Å². The van der Waals surface area contributed by atoms with Crippen LogP contribution < -0.4 is 4.90 Å². The molecule has 0 saturated carbocycles. The fraction of sp³-hybridized carbons (Fsp3) is 0.208. The molecule has 4 rings (SSSR count). The van der Waals surface area contributed by atoms with Gasteiger partial charge in [0.2, 0.25) is 5.91 Å². The molecule has 1 amide bonds. The van der Waals surface area contributed by atoms with Gasteiger partial charge in [-0.3, -0.25) is 14.7 Å². The number of fused-ring (bicyclic) bond motifs is 1. The van der Waals surface area contributed by atoms with Crippen molar-refractivity contribution in [3.8, 4) is 0 Å². The summed E-state index contributed by atoms with van der Waals surface area (Å²) in [4.78, 5) is 25.4. The van der Waals surface area contributed by atoms with Crippen molar-refractivity contribution in [3.05, 3.63) is 83.2 Å². The van der Waals surface area contributed by atoms with Crippen LogP contribution in [-0.2, 0) is 17.8 Å². The number of benzene rings is 2. The predicted molar refractivity (Wildman–Crippen MR) is 126 cm³/mol. The fourth-order valence-corrected chi connectivity index (χ4v) is 4.99. The molecule has 0 radical (unpaired) electrons. The zero-order valence-corrected chi connectivity index (χ0v) is 18.9. The number of hydrogen-bond donors (Lipinski definition) is 0. The first-order chi connectivity index (χ1) is 14.5. The number of carbonyl (C=O) groups is 1. The number of carbonyl (C=O) groups excluding carboxylic acids is 1. The standard InChI is InChI=1S/C24H23N3OS2/c1-16-11-17(2)23-21(12-16)30-24(26-23)27(15-19-5-4-10-25-14-19)22(28)13-18-6-8-20(29-3)9-7-18/h4-12,14H,13,15H2,1-3H3. The molecule has 0 bridgehead atoms. The molecule has 0 fully saturated rings. The number of pyridine rings is 1. The van der Waals surface area contributed by atoms with E-state index >= 15 is 0 Å². The molecule has 0 spiro atoms. The minimum absolute atomic E-state index is 0.0317. The summed E-state index contributed by atoms with van der Waals surface area (Å²) in [7, 11) is 0. The third-order valence-corrected chi connectivity index (χ3v) is 6.70. The Morgan fingerprint density at radius 1 is 1.10 bits per heavy atom. The van der Waals surface area contributed by atoms with Crippen molar-refractivity contribution in [2.75, 3.05) is 11.2 Å². The van der Waals surface area contributed by atoms with Crippen LogP contribution in [-0.4, -0.2) is 22.1 Å². The molecule has 0 aliphatic heterocycles. The quantitative estimate of drug-likeness (QED) is 0.360. The van der Waals surface area contributed by atoms with Crippen LogP contribution in [0.5, 0.6) is 0 Å². The van der Waals surface area contributed by atoms with Crippen molar-refractivity contribution in [2.45, 2.75) is 31.7 Å². The maximum atomic E-state index is 13.4. The number of aromatic nitrogens is 2. The van der Waals surface area contributed by atoms with Gasteiger partial charge in [-0.15, -0.1) is 11.8 Å². The molecule has 0 atom stereocenters. The number of nitrogens with zero attached hydrogens (tertiary/aromatic N) is 3. The number of thioether (sulfide) groups is 1. The van der Waals surface area contributed by atoms with Crippen LogP contribution in [0.3, 0.4) is 0 Å². The average Bonchev–Trinajstić information content (AvgIpc) is 3.17. The molecular weight excluding hydrogens is 410 g/mol. The molecule has 0 unspecified atom stereocenters. The summed E-state index contributed by atoms with van der Waals surface area (Å²) >= 11 is 3.26. The molecular formula is C24H23N3OS2. The Hall–Kier alpha value is -2.70. The summed E-state index contributed by atoms with van der Waals surface area (Å²) < 4.78 is 1.11. The van der Waals surface area contributed by atoms with E-state index in [0.717, 1.165) is 32.0 Å². The number of anilines is 1. The molecule has 2 aromatic carbocycles. The van der Waals surface area contributed by atoms with Gasteiger partial charge in [0.1, 0.15) is 0 Å². The zero-order chi connectivity index (χ0) is 21.1. The summed E-state index contributed by atoms with van der Waals surface area (Å²) in [5.41, 5.74) is 5.29. The molecule has 0 saturated heterocycles. The van der Waals surface area contributed by atoms with Crippen molar-refractivity contribution >= 4 is 44.4 Å². The van der Waals surface area contributed by atoms with E-state index in [0.29, 0.717) is 13.0 Å². The second-order valence-electron chi connectivity index (χ2n) is 7.29. The number of amides is 1. The van der Waals surface area contributed by atoms with Crippen LogP contribution in [0.4, 0.5) is 5.13 Å². The van der Waals surface area contributed by atoms with Crippen molar-refractivity contribution in [3.63, 3.8) is 0 Å². The first kappa shape index (κ1) is 20.6. The molecule has 4 aromatic rings. The molecule has 0 aliphatic rings. The van der Waals surface area contributed by atoms with Gasteiger partial charge in [-0.2, -0.15) is 0 Å². The summed E-state index contributed by atoms with van der Waals surface area (Å²) in [5, 5.41) is 0.730. The third kappa shape index (κ3) is 4.55. The minimum Gasteiger partial charge on any atom is -0.283 e. The van der Waals surface area contributed by atoms with E-state index in [4.69, 9.17) is 4.98 Å². The second kappa shape index (κ2) is 8.98. The van der Waals surface area contributed by atoms with E-state index in [-0.39, 0.29) is 5.91 Å². The van der Waals surface area contributed by atoms with Crippen LogP contribution in [0.1, 0.15) is 22.3 Å². The highest BCUT2D eigenvalue weighted by molar-refractivity contribution is 7.98. The molecule has 6 heteroatoms. The van der Waals surface area contributed by atoms with Crippen molar-refractivity contribution < 1.29 is 4.79 Å². The molecule has 30 heavy (non-hydrogen) atoms. The third-order valence-electron chi connectivity index (χ3n) is 4.93. The molecule has 0 aliphatic carbocycles. The maximum Gasteiger partial charge on any atom is 0.233 e. The average molecular weight is 434 g/mol. The monoisotopic (exact) mass is 433 g/mol. The SMILES string of the molecule is CSc1ccc(CC(=O)N(Cc2cccnc2)c2nc3c(C)cc(C)cc3s2)cc1. The molecule has 152 valence electrons. The normalized spacial score (nSPS) is 11.0. The predicted octanol–water partition coefficient (Wildman–Crippen LogP) is 5.81. The van der Waals surface area contributed by atoms with E-state index in [2.05, 4.69) is 43.1 Å². The van der Waals surface area contributed by atoms with Crippen LogP contribution in [0.15, 0.2) is 65.8 Å². The summed E-state index contributed by atoms with van der Waals surface area (Å²) in [6.07, 6.45) is 5.93. The Bertz CT molecular complexity index is 1170. The molecule has 2 aromatic heterocycles. The maximum absolute atomic E-state index is 13.4. The number of thiazole rings is 1. The summed E-state index contributed by atoms with van der Waals surface area (Å²) in [6.45, 7) is 4.61. The molecule has 4 nitrogen and oxygen atoms in total. The van der Waals surface area contributed by atoms with Crippen LogP contribution in [0.25, 0.3) is 10.2 Å². The topological polar surface area (TPSA) is 46.1 Å². The van der Waals surface area contributed by atoms with Gasteiger partial charge in [0, 0.05) is 17.3 Å². The van der Waals surface area contributed by atoms with Gasteiger partial charge in [0.05, 0.1) is 23.2 Å². The van der Waals surface area contributed by atoms with Crippen LogP contribution in [0.2, 0.25) is 0 Å². The fourth-order valence-electron chi connectivity index (χ4n) is 3.42. The van der Waals surface area contributed by atoms with Crippen molar-refractivity contribution in [2.24, 2.45) is 0 Å². The lowest BCUT2D eigenvalue weighted by Gasteiger charge is -2.20. The Labute approximate surface area is 185 Å². The largest absolute Gasteiger partial charge is 0.283 e. The van der Waals surface area contributed by atoms with E-state index in [1.54, 1.807) is 40.4 Å². The van der Waals surface area contributed by atoms with Gasteiger partial charge in [-0.1, -0.05) is 35.6 Å². The lowest BCUT2D eigenvalue weighted by molar-refractivity contribution is -0.118. The van der Waals surface area contributed by atoms with Crippen LogP contribution in [0, 0.1) is 13.8 Å². The van der Waals surface area contributed by atoms with Gasteiger partial charge in [0.25, 0.3) is 0 Å². The number of aryl methyl sites for hydroxylation is 2.